The Balaban J connectivity index is 2.37. The number of aliphatic hydroxyl groups excluding tert-OH is 6. The van der Waals surface area contributed by atoms with E-state index in [4.69, 9.17) is 9.84 Å². The Labute approximate surface area is 119 Å². The summed E-state index contributed by atoms with van der Waals surface area (Å²) in [7, 11) is 0. The summed E-state index contributed by atoms with van der Waals surface area (Å²) < 4.78 is 9.62. The van der Waals surface area contributed by atoms with Crippen LogP contribution in [0.15, 0.2) is 0 Å². The van der Waals surface area contributed by atoms with Crippen molar-refractivity contribution in [1.82, 2.24) is 0 Å². The molecule has 0 spiro atoms. The molecule has 2 saturated heterocycles. The van der Waals surface area contributed by atoms with Gasteiger partial charge >= 0.3 is 0 Å². The summed E-state index contributed by atoms with van der Waals surface area (Å²) in [6.45, 7) is -1.98. The second-order valence-electron chi connectivity index (χ2n) is 5.41. The predicted molar refractivity (Wildman–Crippen MR) is 62.7 cm³/mol. The average Bonchev–Trinajstić information content (AvgIpc) is 2.47. The van der Waals surface area contributed by atoms with Gasteiger partial charge in [0.25, 0.3) is 0 Å². The van der Waals surface area contributed by atoms with Crippen LogP contribution in [0.25, 0.3) is 0 Å². The molecule has 10 heteroatoms. The number of aliphatic hydroxyl groups is 8. The third kappa shape index (κ3) is 2.28. The second kappa shape index (κ2) is 5.66. The fraction of sp³-hybridized carbons (Fsp3) is 1.00. The average molecular weight is 312 g/mol. The van der Waals surface area contributed by atoms with Gasteiger partial charge in [-0.2, -0.15) is 0 Å². The Morgan fingerprint density at radius 2 is 1.57 bits per heavy atom. The van der Waals surface area contributed by atoms with Gasteiger partial charge in [0.05, 0.1) is 19.8 Å². The molecule has 2 aliphatic rings. The first kappa shape index (κ1) is 17.0. The van der Waals surface area contributed by atoms with Crippen LogP contribution in [0.3, 0.4) is 0 Å². The molecular formula is C11H20O10. The molecule has 10 nitrogen and oxygen atoms in total. The highest BCUT2D eigenvalue weighted by Crippen LogP contribution is 2.41. The zero-order chi connectivity index (χ0) is 16.0. The highest BCUT2D eigenvalue weighted by Gasteiger charge is 2.68. The summed E-state index contributed by atoms with van der Waals surface area (Å²) in [6, 6.07) is 0. The maximum Gasteiger partial charge on any atom is 0.189 e. The van der Waals surface area contributed by atoms with Crippen molar-refractivity contribution in [1.29, 1.82) is 0 Å². The molecule has 0 saturated carbocycles. The van der Waals surface area contributed by atoms with E-state index in [1.165, 1.54) is 0 Å². The van der Waals surface area contributed by atoms with E-state index in [-0.39, 0.29) is 0 Å². The lowest BCUT2D eigenvalue weighted by atomic mass is 9.69. The molecule has 8 N–H and O–H groups in total. The molecule has 21 heavy (non-hydrogen) atoms. The van der Waals surface area contributed by atoms with Gasteiger partial charge in [-0.25, -0.2) is 0 Å². The van der Waals surface area contributed by atoms with Gasteiger partial charge < -0.3 is 50.3 Å². The maximum atomic E-state index is 10.5. The van der Waals surface area contributed by atoms with Gasteiger partial charge in [0.1, 0.15) is 30.5 Å². The first-order valence-corrected chi connectivity index (χ1v) is 6.39. The highest BCUT2D eigenvalue weighted by molar-refractivity contribution is 5.16. The van der Waals surface area contributed by atoms with Crippen LogP contribution in [0.4, 0.5) is 0 Å². The number of hydrogen-bond donors (Lipinski definition) is 8. The van der Waals surface area contributed by atoms with E-state index in [0.29, 0.717) is 0 Å². The number of rotatable bonds is 2. The molecule has 2 rings (SSSR count). The van der Waals surface area contributed by atoms with Crippen molar-refractivity contribution in [3.63, 3.8) is 0 Å². The molecule has 2 aliphatic heterocycles. The lowest BCUT2D eigenvalue weighted by molar-refractivity contribution is -0.386. The Morgan fingerprint density at radius 1 is 0.952 bits per heavy atom. The van der Waals surface area contributed by atoms with Gasteiger partial charge in [0, 0.05) is 0 Å². The van der Waals surface area contributed by atoms with E-state index in [2.05, 4.69) is 4.74 Å². The summed E-state index contributed by atoms with van der Waals surface area (Å²) in [5.74, 6) is 0. The number of ether oxygens (including phenoxy) is 2. The monoisotopic (exact) mass is 312 g/mol. The predicted octanol–water partition coefficient (Wildman–Crippen LogP) is -5.37. The van der Waals surface area contributed by atoms with Crippen LogP contribution < -0.4 is 0 Å². The van der Waals surface area contributed by atoms with E-state index in [0.717, 1.165) is 0 Å². The van der Waals surface area contributed by atoms with Crippen LogP contribution in [0, 0.1) is 0 Å². The van der Waals surface area contributed by atoms with Crippen molar-refractivity contribution in [2.45, 2.75) is 48.0 Å². The quantitative estimate of drug-likeness (QED) is 0.245. The van der Waals surface area contributed by atoms with Gasteiger partial charge in [0.2, 0.25) is 0 Å². The van der Waals surface area contributed by atoms with Crippen molar-refractivity contribution < 1.29 is 50.3 Å². The third-order valence-electron chi connectivity index (χ3n) is 4.20. The van der Waals surface area contributed by atoms with Crippen molar-refractivity contribution in [3.05, 3.63) is 0 Å². The van der Waals surface area contributed by atoms with E-state index in [1.807, 2.05) is 0 Å². The lowest BCUT2D eigenvalue weighted by Crippen LogP contribution is -2.81. The minimum absolute atomic E-state index is 0.501. The molecule has 8 atom stereocenters. The van der Waals surface area contributed by atoms with Gasteiger partial charge in [-0.05, 0) is 0 Å². The van der Waals surface area contributed by atoms with E-state index in [1.54, 1.807) is 0 Å². The fourth-order valence-electron chi connectivity index (χ4n) is 2.73. The van der Waals surface area contributed by atoms with Crippen molar-refractivity contribution in [2.75, 3.05) is 19.8 Å². The molecule has 0 aromatic heterocycles. The van der Waals surface area contributed by atoms with E-state index >= 15 is 0 Å². The Bertz CT molecular complexity index is 380. The Hall–Kier alpha value is -0.400. The first-order chi connectivity index (χ1) is 9.70. The molecule has 2 heterocycles. The number of hydrogen-bond acceptors (Lipinski definition) is 10. The minimum Gasteiger partial charge on any atom is -0.394 e. The smallest absolute Gasteiger partial charge is 0.189 e. The fourth-order valence-corrected chi connectivity index (χ4v) is 2.73. The van der Waals surface area contributed by atoms with Crippen molar-refractivity contribution >= 4 is 0 Å². The van der Waals surface area contributed by atoms with Crippen molar-refractivity contribution in [3.8, 4) is 0 Å². The van der Waals surface area contributed by atoms with Crippen molar-refractivity contribution in [2.24, 2.45) is 0 Å². The Morgan fingerprint density at radius 3 is 2.14 bits per heavy atom. The first-order valence-electron chi connectivity index (χ1n) is 6.39. The SMILES string of the molecule is OC[C@H]1OC[C@](O)([C@]2(O)[C@@H](O)OC[C@@H](O)[C@@H]2O)[C@@H](O)[C@H]1O. The van der Waals surface area contributed by atoms with Crippen LogP contribution in [0.1, 0.15) is 0 Å². The van der Waals surface area contributed by atoms with Crippen LogP contribution >= 0.6 is 0 Å². The van der Waals surface area contributed by atoms with Crippen LogP contribution in [-0.2, 0) is 9.47 Å². The topological polar surface area (TPSA) is 180 Å². The molecule has 0 aromatic carbocycles. The lowest BCUT2D eigenvalue weighted by Gasteiger charge is -2.55. The Kier molecular flexibility index (Phi) is 4.57. The summed E-state index contributed by atoms with van der Waals surface area (Å²) in [6.07, 6.45) is -10.9. The van der Waals surface area contributed by atoms with Gasteiger partial charge in [-0.1, -0.05) is 0 Å². The van der Waals surface area contributed by atoms with Crippen LogP contribution in [-0.4, -0.2) is 109 Å². The standard InChI is InChI=1S/C11H20O10/c12-1-5-6(14)8(16)10(18,3-21-5)11(19)7(15)4(13)2-20-9(11)17/h4-9,12-19H,1-3H2/t4-,5-,6+,7+,8+,9+,10-,11-/m1/s1. The molecule has 0 radical (unpaired) electrons. The normalized spacial score (nSPS) is 55.4. The minimum atomic E-state index is -2.91. The van der Waals surface area contributed by atoms with E-state index in [9.17, 15) is 35.7 Å². The van der Waals surface area contributed by atoms with Crippen LogP contribution in [0.2, 0.25) is 0 Å². The summed E-state index contributed by atoms with van der Waals surface area (Å²) in [5, 5.41) is 78.9. The molecule has 0 aromatic rings. The molecule has 0 unspecified atom stereocenters. The summed E-state index contributed by atoms with van der Waals surface area (Å²) >= 11 is 0. The van der Waals surface area contributed by atoms with Gasteiger partial charge in [0.15, 0.2) is 17.5 Å². The molecule has 0 aliphatic carbocycles. The molecule has 124 valence electrons. The van der Waals surface area contributed by atoms with Crippen LogP contribution in [0.5, 0.6) is 0 Å². The van der Waals surface area contributed by atoms with Gasteiger partial charge in [-0.15, -0.1) is 0 Å². The zero-order valence-corrected chi connectivity index (χ0v) is 11.0. The second-order valence-corrected chi connectivity index (χ2v) is 5.41. The van der Waals surface area contributed by atoms with Gasteiger partial charge in [-0.3, -0.25) is 0 Å². The molecular weight excluding hydrogens is 292 g/mol. The summed E-state index contributed by atoms with van der Waals surface area (Å²) in [4.78, 5) is 0. The highest BCUT2D eigenvalue weighted by atomic mass is 16.6. The maximum absolute atomic E-state index is 10.5. The third-order valence-corrected chi connectivity index (χ3v) is 4.20. The summed E-state index contributed by atoms with van der Waals surface area (Å²) in [5.41, 5.74) is -5.65. The molecule has 0 amide bonds. The molecule has 2 fully saturated rings. The molecule has 0 bridgehead atoms. The largest absolute Gasteiger partial charge is 0.394 e. The zero-order valence-electron chi connectivity index (χ0n) is 11.0. The van der Waals surface area contributed by atoms with E-state index < -0.39 is 67.8 Å².